The van der Waals surface area contributed by atoms with Gasteiger partial charge < -0.3 is 0 Å². The number of benzene rings is 2. The van der Waals surface area contributed by atoms with Gasteiger partial charge in [0.15, 0.2) is 5.78 Å². The molecule has 0 fully saturated rings. The molecule has 118 valence electrons. The van der Waals surface area contributed by atoms with Gasteiger partial charge in [-0.3, -0.25) is 9.69 Å². The van der Waals surface area contributed by atoms with Crippen molar-refractivity contribution in [1.29, 1.82) is 0 Å². The summed E-state index contributed by atoms with van der Waals surface area (Å²) in [5.74, 6) is 0.208. The molecule has 1 aliphatic heterocycles. The summed E-state index contributed by atoms with van der Waals surface area (Å²) in [5.41, 5.74) is 0.794. The molecule has 3 heteroatoms. The first-order valence-electron chi connectivity index (χ1n) is 7.90. The molecule has 0 saturated carbocycles. The molecule has 0 spiro atoms. The van der Waals surface area contributed by atoms with E-state index >= 15 is 0 Å². The standard InChI is InChI=1S/C20H21NOS/c1-15-13-18(23-17-11-7-4-8-12-17)14-19(21(15)2)20(22)16-9-5-3-6-10-16/h3-13,15,19H,14H2,1-2H3/t15-,19-/m0/s1. The van der Waals surface area contributed by atoms with Gasteiger partial charge in [-0.15, -0.1) is 0 Å². The Hall–Kier alpha value is -1.84. The van der Waals surface area contributed by atoms with E-state index in [0.29, 0.717) is 0 Å². The average molecular weight is 323 g/mol. The van der Waals surface area contributed by atoms with Crippen LogP contribution >= 0.6 is 11.8 Å². The third kappa shape index (κ3) is 3.74. The van der Waals surface area contributed by atoms with Crippen LogP contribution in [-0.2, 0) is 0 Å². The van der Waals surface area contributed by atoms with Crippen molar-refractivity contribution in [2.45, 2.75) is 30.3 Å². The number of carbonyl (C=O) groups is 1. The first kappa shape index (κ1) is 16.0. The molecule has 1 heterocycles. The van der Waals surface area contributed by atoms with Crippen LogP contribution in [0.4, 0.5) is 0 Å². The van der Waals surface area contributed by atoms with Crippen LogP contribution < -0.4 is 0 Å². The van der Waals surface area contributed by atoms with Crippen molar-refractivity contribution < 1.29 is 4.79 Å². The fraction of sp³-hybridized carbons (Fsp3) is 0.250. The Morgan fingerprint density at radius 1 is 1.04 bits per heavy atom. The third-order valence-corrected chi connectivity index (χ3v) is 5.38. The van der Waals surface area contributed by atoms with E-state index in [1.165, 1.54) is 9.80 Å². The van der Waals surface area contributed by atoms with Crippen LogP contribution in [0.5, 0.6) is 0 Å². The maximum absolute atomic E-state index is 12.9. The monoisotopic (exact) mass is 323 g/mol. The van der Waals surface area contributed by atoms with Gasteiger partial charge in [-0.2, -0.15) is 0 Å². The summed E-state index contributed by atoms with van der Waals surface area (Å²) in [6.45, 7) is 2.15. The predicted molar refractivity (Wildman–Crippen MR) is 96.8 cm³/mol. The molecule has 0 amide bonds. The summed E-state index contributed by atoms with van der Waals surface area (Å²) in [7, 11) is 2.04. The van der Waals surface area contributed by atoms with Gasteiger partial charge in [0.2, 0.25) is 0 Å². The number of hydrogen-bond acceptors (Lipinski definition) is 3. The van der Waals surface area contributed by atoms with Gasteiger partial charge in [0.05, 0.1) is 6.04 Å². The minimum absolute atomic E-state index is 0.0939. The number of hydrogen-bond donors (Lipinski definition) is 0. The lowest BCUT2D eigenvalue weighted by atomic mass is 9.96. The number of ketones is 1. The second kappa shape index (κ2) is 7.16. The number of likely N-dealkylation sites (N-methyl/N-ethyl adjacent to an activating group) is 1. The highest BCUT2D eigenvalue weighted by Crippen LogP contribution is 2.35. The minimum Gasteiger partial charge on any atom is -0.292 e. The lowest BCUT2D eigenvalue weighted by molar-refractivity contribution is 0.0817. The first-order chi connectivity index (χ1) is 11.1. The van der Waals surface area contributed by atoms with Crippen LogP contribution in [0, 0.1) is 0 Å². The molecule has 2 aromatic rings. The maximum Gasteiger partial charge on any atom is 0.180 e. The van der Waals surface area contributed by atoms with E-state index in [1.54, 1.807) is 11.8 Å². The fourth-order valence-electron chi connectivity index (χ4n) is 2.86. The summed E-state index contributed by atoms with van der Waals surface area (Å²) in [4.78, 5) is 17.5. The van der Waals surface area contributed by atoms with E-state index in [0.717, 1.165) is 12.0 Å². The highest BCUT2D eigenvalue weighted by molar-refractivity contribution is 8.03. The number of Topliss-reactive ketones (excluding diaryl/α,β-unsaturated/α-hetero) is 1. The highest BCUT2D eigenvalue weighted by Gasteiger charge is 2.31. The van der Waals surface area contributed by atoms with Crippen molar-refractivity contribution in [3.05, 3.63) is 77.2 Å². The summed E-state index contributed by atoms with van der Waals surface area (Å²) >= 11 is 1.77. The van der Waals surface area contributed by atoms with E-state index < -0.39 is 0 Å². The van der Waals surface area contributed by atoms with Gasteiger partial charge in [0.1, 0.15) is 0 Å². The van der Waals surface area contributed by atoms with Crippen molar-refractivity contribution in [1.82, 2.24) is 4.90 Å². The Bertz CT molecular complexity index is 696. The van der Waals surface area contributed by atoms with Crippen LogP contribution in [-0.4, -0.2) is 29.8 Å². The molecular formula is C20H21NOS. The normalized spacial score (nSPS) is 21.7. The number of thioether (sulfide) groups is 1. The molecule has 0 unspecified atom stereocenters. The van der Waals surface area contributed by atoms with Crippen LogP contribution in [0.3, 0.4) is 0 Å². The fourth-order valence-corrected chi connectivity index (χ4v) is 3.96. The molecule has 3 rings (SSSR count). The van der Waals surface area contributed by atoms with Gasteiger partial charge in [-0.1, -0.05) is 66.4 Å². The average Bonchev–Trinajstić information content (AvgIpc) is 2.59. The molecule has 0 aliphatic carbocycles. The summed E-state index contributed by atoms with van der Waals surface area (Å²) in [6.07, 6.45) is 3.04. The van der Waals surface area contributed by atoms with Crippen molar-refractivity contribution in [2.75, 3.05) is 7.05 Å². The Morgan fingerprint density at radius 2 is 1.65 bits per heavy atom. The molecule has 2 nitrogen and oxygen atoms in total. The van der Waals surface area contributed by atoms with E-state index in [4.69, 9.17) is 0 Å². The van der Waals surface area contributed by atoms with E-state index in [1.807, 2.05) is 55.6 Å². The second-order valence-corrected chi connectivity index (χ2v) is 7.10. The molecule has 1 aliphatic rings. The van der Waals surface area contributed by atoms with Gasteiger partial charge in [0.25, 0.3) is 0 Å². The van der Waals surface area contributed by atoms with Crippen LogP contribution in [0.15, 0.2) is 76.5 Å². The van der Waals surface area contributed by atoms with Crippen LogP contribution in [0.25, 0.3) is 0 Å². The lowest BCUT2D eigenvalue weighted by Crippen LogP contribution is -2.45. The van der Waals surface area contributed by atoms with Gasteiger partial charge in [-0.05, 0) is 31.0 Å². The zero-order valence-corrected chi connectivity index (χ0v) is 14.3. The number of rotatable bonds is 4. The number of nitrogens with zero attached hydrogens (tertiary/aromatic N) is 1. The minimum atomic E-state index is -0.0939. The van der Waals surface area contributed by atoms with Crippen LogP contribution in [0.2, 0.25) is 0 Å². The molecule has 23 heavy (non-hydrogen) atoms. The zero-order valence-electron chi connectivity index (χ0n) is 13.5. The zero-order chi connectivity index (χ0) is 16.2. The SMILES string of the molecule is C[C@H]1C=C(Sc2ccccc2)C[C@@H](C(=O)c2ccccc2)N1C. The smallest absolute Gasteiger partial charge is 0.180 e. The quantitative estimate of drug-likeness (QED) is 0.765. The van der Waals surface area contributed by atoms with Crippen molar-refractivity contribution in [3.63, 3.8) is 0 Å². The lowest BCUT2D eigenvalue weighted by Gasteiger charge is -2.35. The molecule has 2 aromatic carbocycles. The molecule has 0 bridgehead atoms. The summed E-state index contributed by atoms with van der Waals surface area (Å²) in [6, 6.07) is 20.1. The van der Waals surface area contributed by atoms with Crippen molar-refractivity contribution in [2.24, 2.45) is 0 Å². The topological polar surface area (TPSA) is 20.3 Å². The van der Waals surface area contributed by atoms with Crippen molar-refractivity contribution in [3.8, 4) is 0 Å². The molecule has 0 radical (unpaired) electrons. The van der Waals surface area contributed by atoms with Crippen molar-refractivity contribution >= 4 is 17.5 Å². The Labute approximate surface area is 142 Å². The van der Waals surface area contributed by atoms with E-state index in [-0.39, 0.29) is 17.9 Å². The third-order valence-electron chi connectivity index (χ3n) is 4.31. The van der Waals surface area contributed by atoms with Gasteiger partial charge in [0, 0.05) is 22.9 Å². The molecule has 2 atom stereocenters. The van der Waals surface area contributed by atoms with Gasteiger partial charge >= 0.3 is 0 Å². The molecule has 0 aromatic heterocycles. The first-order valence-corrected chi connectivity index (χ1v) is 8.71. The maximum atomic E-state index is 12.9. The Kier molecular flexibility index (Phi) is 4.99. The largest absolute Gasteiger partial charge is 0.292 e. The van der Waals surface area contributed by atoms with E-state index in [2.05, 4.69) is 30.0 Å². The highest BCUT2D eigenvalue weighted by atomic mass is 32.2. The Morgan fingerprint density at radius 3 is 2.30 bits per heavy atom. The Balaban J connectivity index is 1.80. The summed E-state index contributed by atoms with van der Waals surface area (Å²) < 4.78 is 0. The van der Waals surface area contributed by atoms with Crippen LogP contribution in [0.1, 0.15) is 23.7 Å². The van der Waals surface area contributed by atoms with Gasteiger partial charge in [-0.25, -0.2) is 0 Å². The summed E-state index contributed by atoms with van der Waals surface area (Å²) in [5, 5.41) is 0. The molecule has 0 N–H and O–H groups in total. The number of carbonyl (C=O) groups excluding carboxylic acids is 1. The van der Waals surface area contributed by atoms with E-state index in [9.17, 15) is 4.79 Å². The predicted octanol–water partition coefficient (Wildman–Crippen LogP) is 4.64. The molecular weight excluding hydrogens is 302 g/mol. The molecule has 0 saturated heterocycles. The second-order valence-electron chi connectivity index (χ2n) is 5.90.